The van der Waals surface area contributed by atoms with Crippen molar-refractivity contribution in [1.29, 1.82) is 0 Å². The molecule has 0 aliphatic rings. The van der Waals surface area contributed by atoms with E-state index in [0.717, 1.165) is 17.0 Å². The van der Waals surface area contributed by atoms with E-state index in [0.29, 0.717) is 11.5 Å². The first-order valence-corrected chi connectivity index (χ1v) is 6.18. The van der Waals surface area contributed by atoms with Gasteiger partial charge in [0.05, 0.1) is 17.1 Å². The second-order valence-corrected chi connectivity index (χ2v) is 4.53. The molecule has 0 amide bonds. The maximum Gasteiger partial charge on any atom is 0.125 e. The van der Waals surface area contributed by atoms with Gasteiger partial charge in [0.15, 0.2) is 0 Å². The zero-order valence-corrected chi connectivity index (χ0v) is 10.9. The molecule has 2 heterocycles. The largest absolute Gasteiger partial charge is 0.384 e. The van der Waals surface area contributed by atoms with E-state index in [1.807, 2.05) is 25.1 Å². The molecule has 0 aliphatic carbocycles. The number of pyridine rings is 1. The summed E-state index contributed by atoms with van der Waals surface area (Å²) in [5, 5.41) is 4.42. The van der Waals surface area contributed by atoms with E-state index in [1.165, 1.54) is 12.1 Å². The van der Waals surface area contributed by atoms with Gasteiger partial charge in [-0.1, -0.05) is 6.07 Å². The van der Waals surface area contributed by atoms with Crippen LogP contribution in [0.3, 0.4) is 0 Å². The lowest BCUT2D eigenvalue weighted by Crippen LogP contribution is -2.00. The van der Waals surface area contributed by atoms with Crippen molar-refractivity contribution in [2.45, 2.75) is 6.92 Å². The number of benzene rings is 1. The summed E-state index contributed by atoms with van der Waals surface area (Å²) in [5.41, 5.74) is 8.97. The summed E-state index contributed by atoms with van der Waals surface area (Å²) in [6.45, 7) is 1.89. The van der Waals surface area contributed by atoms with Gasteiger partial charge >= 0.3 is 0 Å². The standard InChI is InChI=1S/C15H13FN4/c1-10-7-14(11-5-6-18-15(17)8-11)20(19-10)13-4-2-3-12(16)9-13/h2-9H,1H3,(H2,17,18). The van der Waals surface area contributed by atoms with Gasteiger partial charge in [-0.25, -0.2) is 14.1 Å². The molecular weight excluding hydrogens is 255 g/mol. The lowest BCUT2D eigenvalue weighted by molar-refractivity contribution is 0.625. The number of nitrogens with zero attached hydrogens (tertiary/aromatic N) is 3. The summed E-state index contributed by atoms with van der Waals surface area (Å²) in [7, 11) is 0. The molecule has 4 nitrogen and oxygen atoms in total. The molecule has 0 bridgehead atoms. The molecule has 0 radical (unpaired) electrons. The molecule has 0 unspecified atom stereocenters. The van der Waals surface area contributed by atoms with E-state index in [9.17, 15) is 4.39 Å². The van der Waals surface area contributed by atoms with Crippen molar-refractivity contribution in [2.24, 2.45) is 0 Å². The van der Waals surface area contributed by atoms with Crippen LogP contribution in [0, 0.1) is 12.7 Å². The average molecular weight is 268 g/mol. The Kier molecular flexibility index (Phi) is 2.95. The third kappa shape index (κ3) is 2.25. The van der Waals surface area contributed by atoms with Crippen molar-refractivity contribution in [1.82, 2.24) is 14.8 Å². The molecule has 2 aromatic heterocycles. The van der Waals surface area contributed by atoms with E-state index in [-0.39, 0.29) is 5.82 Å². The minimum atomic E-state index is -0.296. The van der Waals surface area contributed by atoms with E-state index >= 15 is 0 Å². The number of aryl methyl sites for hydroxylation is 1. The first-order valence-electron chi connectivity index (χ1n) is 6.18. The summed E-state index contributed by atoms with van der Waals surface area (Å²) in [4.78, 5) is 3.98. The van der Waals surface area contributed by atoms with Crippen LogP contribution in [0.25, 0.3) is 16.9 Å². The van der Waals surface area contributed by atoms with Crippen molar-refractivity contribution in [3.8, 4) is 16.9 Å². The van der Waals surface area contributed by atoms with Crippen molar-refractivity contribution in [3.05, 3.63) is 60.2 Å². The molecule has 2 N–H and O–H groups in total. The number of nitrogens with two attached hydrogens (primary N) is 1. The van der Waals surface area contributed by atoms with Gasteiger partial charge in [-0.3, -0.25) is 0 Å². The number of hydrogen-bond donors (Lipinski definition) is 1. The van der Waals surface area contributed by atoms with E-state index in [2.05, 4.69) is 10.1 Å². The molecule has 3 aromatic rings. The second kappa shape index (κ2) is 4.77. The first-order chi connectivity index (χ1) is 9.63. The molecule has 1 aromatic carbocycles. The van der Waals surface area contributed by atoms with Gasteiger partial charge in [-0.15, -0.1) is 0 Å². The number of halogens is 1. The Morgan fingerprint density at radius 2 is 2.00 bits per heavy atom. The van der Waals surface area contributed by atoms with Gasteiger partial charge in [0.2, 0.25) is 0 Å². The predicted octanol–water partition coefficient (Wildman–Crippen LogP) is 2.96. The SMILES string of the molecule is Cc1cc(-c2ccnc(N)c2)n(-c2cccc(F)c2)n1. The van der Waals surface area contributed by atoms with Crippen LogP contribution in [0.2, 0.25) is 0 Å². The van der Waals surface area contributed by atoms with Crippen molar-refractivity contribution in [2.75, 3.05) is 5.73 Å². The molecule has 3 rings (SSSR count). The van der Waals surface area contributed by atoms with Crippen molar-refractivity contribution < 1.29 is 4.39 Å². The highest BCUT2D eigenvalue weighted by molar-refractivity contribution is 5.64. The topological polar surface area (TPSA) is 56.7 Å². The van der Waals surface area contributed by atoms with Crippen LogP contribution >= 0.6 is 0 Å². The summed E-state index contributed by atoms with van der Waals surface area (Å²) < 4.78 is 15.1. The van der Waals surface area contributed by atoms with Gasteiger partial charge in [0.1, 0.15) is 11.6 Å². The number of nitrogen functional groups attached to an aromatic ring is 1. The normalized spacial score (nSPS) is 10.7. The van der Waals surface area contributed by atoms with Gasteiger partial charge < -0.3 is 5.73 Å². The van der Waals surface area contributed by atoms with Crippen LogP contribution in [0.4, 0.5) is 10.2 Å². The Morgan fingerprint density at radius 3 is 2.75 bits per heavy atom. The monoisotopic (exact) mass is 268 g/mol. The van der Waals surface area contributed by atoms with Crippen LogP contribution in [0.5, 0.6) is 0 Å². The lowest BCUT2D eigenvalue weighted by atomic mass is 10.1. The van der Waals surface area contributed by atoms with Crippen molar-refractivity contribution in [3.63, 3.8) is 0 Å². The van der Waals surface area contributed by atoms with Crippen molar-refractivity contribution >= 4 is 5.82 Å². The van der Waals surface area contributed by atoms with Gasteiger partial charge in [-0.05, 0) is 43.3 Å². The van der Waals surface area contributed by atoms with E-state index < -0.39 is 0 Å². The smallest absolute Gasteiger partial charge is 0.125 e. The number of rotatable bonds is 2. The molecule has 0 aliphatic heterocycles. The van der Waals surface area contributed by atoms with Gasteiger partial charge in [0, 0.05) is 11.8 Å². The Morgan fingerprint density at radius 1 is 1.15 bits per heavy atom. The quantitative estimate of drug-likeness (QED) is 0.777. The number of anilines is 1. The fourth-order valence-electron chi connectivity index (χ4n) is 2.12. The fourth-order valence-corrected chi connectivity index (χ4v) is 2.12. The highest BCUT2D eigenvalue weighted by Gasteiger charge is 2.10. The molecule has 100 valence electrons. The molecule has 0 fully saturated rings. The maximum absolute atomic E-state index is 13.4. The van der Waals surface area contributed by atoms with E-state index in [4.69, 9.17) is 5.73 Å². The molecule has 0 spiro atoms. The van der Waals surface area contributed by atoms with Crippen LogP contribution < -0.4 is 5.73 Å². The summed E-state index contributed by atoms with van der Waals surface area (Å²) in [6.07, 6.45) is 1.64. The first kappa shape index (κ1) is 12.3. The summed E-state index contributed by atoms with van der Waals surface area (Å²) >= 11 is 0. The Hall–Kier alpha value is -2.69. The average Bonchev–Trinajstić information content (AvgIpc) is 2.81. The van der Waals surface area contributed by atoms with Gasteiger partial charge in [-0.2, -0.15) is 5.10 Å². The van der Waals surface area contributed by atoms with Crippen LogP contribution in [0.1, 0.15) is 5.69 Å². The summed E-state index contributed by atoms with van der Waals surface area (Å²) in [5.74, 6) is 0.142. The Bertz CT molecular complexity index is 701. The Labute approximate surface area is 115 Å². The lowest BCUT2D eigenvalue weighted by Gasteiger charge is -2.08. The minimum Gasteiger partial charge on any atom is -0.384 e. The Balaban J connectivity index is 2.18. The second-order valence-electron chi connectivity index (χ2n) is 4.53. The third-order valence-corrected chi connectivity index (χ3v) is 2.96. The number of aromatic nitrogens is 3. The predicted molar refractivity (Wildman–Crippen MR) is 75.9 cm³/mol. The zero-order valence-electron chi connectivity index (χ0n) is 10.9. The highest BCUT2D eigenvalue weighted by atomic mass is 19.1. The highest BCUT2D eigenvalue weighted by Crippen LogP contribution is 2.24. The fraction of sp³-hybridized carbons (Fsp3) is 0.0667. The molecule has 20 heavy (non-hydrogen) atoms. The van der Waals surface area contributed by atoms with Crippen LogP contribution in [-0.2, 0) is 0 Å². The van der Waals surface area contributed by atoms with E-state index in [1.54, 1.807) is 23.0 Å². The third-order valence-electron chi connectivity index (χ3n) is 2.96. The van der Waals surface area contributed by atoms with Crippen LogP contribution in [-0.4, -0.2) is 14.8 Å². The molecule has 0 saturated carbocycles. The molecule has 5 heteroatoms. The van der Waals surface area contributed by atoms with Crippen LogP contribution in [0.15, 0.2) is 48.7 Å². The summed E-state index contributed by atoms with van der Waals surface area (Å²) in [6, 6.07) is 11.9. The number of hydrogen-bond acceptors (Lipinski definition) is 3. The molecule has 0 saturated heterocycles. The minimum absolute atomic E-state index is 0.296. The van der Waals surface area contributed by atoms with Gasteiger partial charge in [0.25, 0.3) is 0 Å². The zero-order chi connectivity index (χ0) is 14.1. The molecular formula is C15H13FN4. The molecule has 0 atom stereocenters. The maximum atomic E-state index is 13.4.